The van der Waals surface area contributed by atoms with Crippen molar-refractivity contribution in [3.63, 3.8) is 0 Å². The first-order valence-electron chi connectivity index (χ1n) is 6.94. The van der Waals surface area contributed by atoms with Crippen LogP contribution in [0.2, 0.25) is 0 Å². The molecule has 0 aliphatic carbocycles. The van der Waals surface area contributed by atoms with E-state index in [2.05, 4.69) is 6.07 Å². The van der Waals surface area contributed by atoms with Crippen LogP contribution < -0.4 is 10.6 Å². The molecule has 0 saturated carbocycles. The zero-order valence-corrected chi connectivity index (χ0v) is 11.4. The van der Waals surface area contributed by atoms with Gasteiger partial charge in [-0.25, -0.2) is 0 Å². The normalized spacial score (nSPS) is 13.3. The number of rotatable bonds is 3. The Balaban J connectivity index is 1.74. The highest BCUT2D eigenvalue weighted by Gasteiger charge is 2.23. The topological polar surface area (TPSA) is 46.3 Å². The molecule has 0 aromatic heterocycles. The lowest BCUT2D eigenvalue weighted by Crippen LogP contribution is -2.30. The molecule has 1 aliphatic rings. The molecule has 20 heavy (non-hydrogen) atoms. The summed E-state index contributed by atoms with van der Waals surface area (Å²) in [5.74, 6) is 0.162. The van der Waals surface area contributed by atoms with Gasteiger partial charge in [0.05, 0.1) is 6.42 Å². The molecule has 0 bridgehead atoms. The number of hydrogen-bond acceptors (Lipinski definition) is 2. The number of anilines is 1. The third-order valence-corrected chi connectivity index (χ3v) is 3.80. The van der Waals surface area contributed by atoms with E-state index < -0.39 is 0 Å². The molecule has 3 nitrogen and oxygen atoms in total. The summed E-state index contributed by atoms with van der Waals surface area (Å²) < 4.78 is 0. The molecule has 3 heteroatoms. The van der Waals surface area contributed by atoms with Crippen LogP contribution in [0.25, 0.3) is 0 Å². The average Bonchev–Trinajstić information content (AvgIpc) is 2.92. The second-order valence-corrected chi connectivity index (χ2v) is 5.12. The smallest absolute Gasteiger partial charge is 0.231 e. The molecular weight excluding hydrogens is 248 g/mol. The van der Waals surface area contributed by atoms with Crippen molar-refractivity contribution in [2.45, 2.75) is 19.4 Å². The second kappa shape index (κ2) is 5.47. The van der Waals surface area contributed by atoms with Crippen molar-refractivity contribution < 1.29 is 4.79 Å². The van der Waals surface area contributed by atoms with Gasteiger partial charge in [-0.3, -0.25) is 4.79 Å². The van der Waals surface area contributed by atoms with Crippen molar-refractivity contribution in [2.24, 2.45) is 5.73 Å². The monoisotopic (exact) mass is 266 g/mol. The largest absolute Gasteiger partial charge is 0.326 e. The predicted molar refractivity (Wildman–Crippen MR) is 80.5 cm³/mol. The number of carbonyl (C=O) groups is 1. The first-order chi connectivity index (χ1) is 9.78. The van der Waals surface area contributed by atoms with Crippen LogP contribution in [0.5, 0.6) is 0 Å². The molecule has 0 saturated heterocycles. The van der Waals surface area contributed by atoms with E-state index in [0.717, 1.165) is 29.8 Å². The number of fused-ring (bicyclic) bond motifs is 1. The van der Waals surface area contributed by atoms with Gasteiger partial charge in [-0.05, 0) is 29.2 Å². The van der Waals surface area contributed by atoms with Gasteiger partial charge in [0.25, 0.3) is 0 Å². The van der Waals surface area contributed by atoms with Crippen molar-refractivity contribution in [2.75, 3.05) is 11.4 Å². The van der Waals surface area contributed by atoms with Gasteiger partial charge in [0.15, 0.2) is 0 Å². The van der Waals surface area contributed by atoms with Gasteiger partial charge in [-0.1, -0.05) is 42.5 Å². The van der Waals surface area contributed by atoms with E-state index >= 15 is 0 Å². The van der Waals surface area contributed by atoms with E-state index in [1.807, 2.05) is 47.4 Å². The summed E-state index contributed by atoms with van der Waals surface area (Å²) >= 11 is 0. The van der Waals surface area contributed by atoms with Crippen LogP contribution in [0.15, 0.2) is 48.5 Å². The highest BCUT2D eigenvalue weighted by atomic mass is 16.2. The Hall–Kier alpha value is -2.13. The van der Waals surface area contributed by atoms with Crippen molar-refractivity contribution in [1.82, 2.24) is 0 Å². The summed E-state index contributed by atoms with van der Waals surface area (Å²) in [5.41, 5.74) is 10.0. The summed E-state index contributed by atoms with van der Waals surface area (Å²) in [5, 5.41) is 0. The Kier molecular flexibility index (Phi) is 3.52. The van der Waals surface area contributed by atoms with Gasteiger partial charge in [-0.15, -0.1) is 0 Å². The maximum atomic E-state index is 12.4. The molecular formula is C17H18N2O. The molecule has 2 N–H and O–H groups in total. The number of para-hydroxylation sites is 1. The van der Waals surface area contributed by atoms with E-state index in [0.29, 0.717) is 13.0 Å². The number of benzene rings is 2. The summed E-state index contributed by atoms with van der Waals surface area (Å²) in [7, 11) is 0. The molecule has 2 aromatic rings. The molecule has 1 heterocycles. The van der Waals surface area contributed by atoms with Gasteiger partial charge in [-0.2, -0.15) is 0 Å². The summed E-state index contributed by atoms with van der Waals surface area (Å²) in [6.45, 7) is 1.33. The number of nitrogens with two attached hydrogens (primary N) is 1. The summed E-state index contributed by atoms with van der Waals surface area (Å²) in [6, 6.07) is 16.1. The zero-order chi connectivity index (χ0) is 13.9. The maximum Gasteiger partial charge on any atom is 0.231 e. The quantitative estimate of drug-likeness (QED) is 0.926. The first kappa shape index (κ1) is 12.9. The van der Waals surface area contributed by atoms with Crippen LogP contribution in [-0.2, 0) is 24.2 Å². The van der Waals surface area contributed by atoms with Crippen LogP contribution in [0, 0.1) is 0 Å². The Morgan fingerprint density at radius 1 is 1.05 bits per heavy atom. The Labute approximate surface area is 119 Å². The van der Waals surface area contributed by atoms with Gasteiger partial charge in [0, 0.05) is 18.8 Å². The maximum absolute atomic E-state index is 12.4. The second-order valence-electron chi connectivity index (χ2n) is 5.12. The molecule has 0 unspecified atom stereocenters. The molecule has 0 atom stereocenters. The lowest BCUT2D eigenvalue weighted by molar-refractivity contribution is -0.117. The number of amides is 1. The molecule has 3 rings (SSSR count). The van der Waals surface area contributed by atoms with Crippen LogP contribution in [0.3, 0.4) is 0 Å². The molecule has 102 valence electrons. The predicted octanol–water partition coefficient (Wildman–Crippen LogP) is 2.28. The van der Waals surface area contributed by atoms with Gasteiger partial charge >= 0.3 is 0 Å². The highest BCUT2D eigenvalue weighted by molar-refractivity contribution is 5.96. The van der Waals surface area contributed by atoms with E-state index in [-0.39, 0.29) is 5.91 Å². The number of nitrogens with zero attached hydrogens (tertiary/aromatic N) is 1. The Morgan fingerprint density at radius 2 is 1.75 bits per heavy atom. The minimum absolute atomic E-state index is 0.162. The zero-order valence-electron chi connectivity index (χ0n) is 11.4. The van der Waals surface area contributed by atoms with Crippen molar-refractivity contribution in [3.8, 4) is 0 Å². The van der Waals surface area contributed by atoms with E-state index in [1.165, 1.54) is 5.56 Å². The summed E-state index contributed by atoms with van der Waals surface area (Å²) in [4.78, 5) is 14.3. The van der Waals surface area contributed by atoms with Crippen molar-refractivity contribution in [3.05, 3.63) is 65.2 Å². The lowest BCUT2D eigenvalue weighted by atomic mass is 10.1. The van der Waals surface area contributed by atoms with Crippen molar-refractivity contribution in [1.29, 1.82) is 0 Å². The highest BCUT2D eigenvalue weighted by Crippen LogP contribution is 2.27. The number of carbonyl (C=O) groups excluding carboxylic acids is 1. The molecule has 0 fully saturated rings. The van der Waals surface area contributed by atoms with Gasteiger partial charge in [0.2, 0.25) is 5.91 Å². The SMILES string of the molecule is NCc1ccc(CC(=O)N2CCc3ccccc32)cc1. The fourth-order valence-corrected chi connectivity index (χ4v) is 2.66. The lowest BCUT2D eigenvalue weighted by Gasteiger charge is -2.17. The van der Waals surface area contributed by atoms with E-state index in [1.54, 1.807) is 0 Å². The van der Waals surface area contributed by atoms with Gasteiger partial charge in [0.1, 0.15) is 0 Å². The van der Waals surface area contributed by atoms with Crippen molar-refractivity contribution >= 4 is 11.6 Å². The van der Waals surface area contributed by atoms with E-state index in [4.69, 9.17) is 5.73 Å². The molecule has 1 aliphatic heterocycles. The molecule has 2 aromatic carbocycles. The Bertz CT molecular complexity index is 619. The van der Waals surface area contributed by atoms with Crippen LogP contribution in [-0.4, -0.2) is 12.5 Å². The standard InChI is InChI=1S/C17H18N2O/c18-12-14-7-5-13(6-8-14)11-17(20)19-10-9-15-3-1-2-4-16(15)19/h1-8H,9-12,18H2. The van der Waals surface area contributed by atoms with Crippen LogP contribution in [0.4, 0.5) is 5.69 Å². The van der Waals surface area contributed by atoms with Crippen LogP contribution >= 0.6 is 0 Å². The Morgan fingerprint density at radius 3 is 2.50 bits per heavy atom. The number of hydrogen-bond donors (Lipinski definition) is 1. The van der Waals surface area contributed by atoms with Crippen LogP contribution in [0.1, 0.15) is 16.7 Å². The molecule has 0 radical (unpaired) electrons. The third kappa shape index (κ3) is 2.45. The molecule has 1 amide bonds. The minimum Gasteiger partial charge on any atom is -0.326 e. The van der Waals surface area contributed by atoms with Gasteiger partial charge < -0.3 is 10.6 Å². The fourth-order valence-electron chi connectivity index (χ4n) is 2.66. The summed E-state index contributed by atoms with van der Waals surface area (Å²) in [6.07, 6.45) is 1.40. The fraction of sp³-hybridized carbons (Fsp3) is 0.235. The first-order valence-corrected chi connectivity index (χ1v) is 6.94. The average molecular weight is 266 g/mol. The third-order valence-electron chi connectivity index (χ3n) is 3.80. The minimum atomic E-state index is 0.162. The van der Waals surface area contributed by atoms with E-state index in [9.17, 15) is 4.79 Å². The molecule has 0 spiro atoms.